The summed E-state index contributed by atoms with van der Waals surface area (Å²) in [6.45, 7) is 1.71. The van der Waals surface area contributed by atoms with Crippen LogP contribution >= 0.6 is 0 Å². The number of methoxy groups -OCH3 is 1. The standard InChI is InChI=1S/C18H22N2O4/c1-24-13-8-11-19(12-9-13)16(21)7-4-10-20-17(22)14-5-2-3-6-15(14)18(20)23/h2-3,5-6,13H,4,7-12H2,1H3. The summed E-state index contributed by atoms with van der Waals surface area (Å²) in [5, 5.41) is 0. The lowest BCUT2D eigenvalue weighted by Gasteiger charge is -2.31. The summed E-state index contributed by atoms with van der Waals surface area (Å²) in [7, 11) is 1.70. The van der Waals surface area contributed by atoms with Gasteiger partial charge in [-0.3, -0.25) is 19.3 Å². The molecule has 0 saturated carbocycles. The molecule has 0 spiro atoms. The van der Waals surface area contributed by atoms with E-state index in [9.17, 15) is 14.4 Å². The van der Waals surface area contributed by atoms with Gasteiger partial charge in [-0.15, -0.1) is 0 Å². The Labute approximate surface area is 141 Å². The molecule has 6 heteroatoms. The Kier molecular flexibility index (Phi) is 4.94. The highest BCUT2D eigenvalue weighted by Gasteiger charge is 2.34. The van der Waals surface area contributed by atoms with Crippen LogP contribution in [0.15, 0.2) is 24.3 Å². The molecule has 0 radical (unpaired) electrons. The highest BCUT2D eigenvalue weighted by molar-refractivity contribution is 6.21. The molecule has 1 aromatic rings. The van der Waals surface area contributed by atoms with Crippen LogP contribution in [-0.4, -0.2) is 60.4 Å². The first-order chi connectivity index (χ1) is 11.6. The number of carbonyl (C=O) groups excluding carboxylic acids is 3. The lowest BCUT2D eigenvalue weighted by molar-refractivity contribution is -0.133. The van der Waals surface area contributed by atoms with Gasteiger partial charge < -0.3 is 9.64 Å². The van der Waals surface area contributed by atoms with Crippen LogP contribution in [0.1, 0.15) is 46.4 Å². The average Bonchev–Trinajstić information content (AvgIpc) is 2.87. The van der Waals surface area contributed by atoms with Gasteiger partial charge in [0.15, 0.2) is 0 Å². The molecule has 128 valence electrons. The van der Waals surface area contributed by atoms with Gasteiger partial charge in [-0.2, -0.15) is 0 Å². The number of carbonyl (C=O) groups is 3. The van der Waals surface area contributed by atoms with Crippen LogP contribution in [0.5, 0.6) is 0 Å². The van der Waals surface area contributed by atoms with Crippen molar-refractivity contribution in [2.75, 3.05) is 26.7 Å². The van der Waals surface area contributed by atoms with Crippen LogP contribution in [0.25, 0.3) is 0 Å². The maximum atomic E-state index is 12.2. The fraction of sp³-hybridized carbons (Fsp3) is 0.500. The van der Waals surface area contributed by atoms with Crippen LogP contribution in [0.3, 0.4) is 0 Å². The molecule has 3 rings (SSSR count). The Morgan fingerprint density at radius 1 is 1.12 bits per heavy atom. The number of benzene rings is 1. The number of hydrogen-bond donors (Lipinski definition) is 0. The van der Waals surface area contributed by atoms with Gasteiger partial charge in [-0.1, -0.05) is 12.1 Å². The highest BCUT2D eigenvalue weighted by Crippen LogP contribution is 2.23. The molecule has 1 saturated heterocycles. The van der Waals surface area contributed by atoms with E-state index in [1.54, 1.807) is 31.4 Å². The predicted octanol–water partition coefficient (Wildman–Crippen LogP) is 1.70. The normalized spacial score (nSPS) is 18.2. The smallest absolute Gasteiger partial charge is 0.261 e. The van der Waals surface area contributed by atoms with E-state index < -0.39 is 0 Å². The second kappa shape index (κ2) is 7.13. The van der Waals surface area contributed by atoms with Gasteiger partial charge in [0.05, 0.1) is 17.2 Å². The van der Waals surface area contributed by atoms with E-state index in [0.29, 0.717) is 37.1 Å². The Bertz CT molecular complexity index is 615. The molecule has 0 N–H and O–H groups in total. The van der Waals surface area contributed by atoms with E-state index in [4.69, 9.17) is 4.74 Å². The number of imide groups is 1. The van der Waals surface area contributed by atoms with Crippen LogP contribution < -0.4 is 0 Å². The number of hydrogen-bond acceptors (Lipinski definition) is 4. The van der Waals surface area contributed by atoms with Crippen molar-refractivity contribution in [1.82, 2.24) is 9.80 Å². The summed E-state index contributed by atoms with van der Waals surface area (Å²) >= 11 is 0. The third-order valence-corrected chi connectivity index (χ3v) is 4.78. The highest BCUT2D eigenvalue weighted by atomic mass is 16.5. The van der Waals surface area contributed by atoms with E-state index in [1.165, 1.54) is 4.90 Å². The van der Waals surface area contributed by atoms with Gasteiger partial charge in [-0.25, -0.2) is 0 Å². The number of amides is 3. The molecule has 1 fully saturated rings. The van der Waals surface area contributed by atoms with E-state index in [0.717, 1.165) is 12.8 Å². The van der Waals surface area contributed by atoms with Crippen molar-refractivity contribution in [3.63, 3.8) is 0 Å². The second-order valence-corrected chi connectivity index (χ2v) is 6.23. The molecule has 1 aromatic carbocycles. The first-order valence-corrected chi connectivity index (χ1v) is 8.37. The van der Waals surface area contributed by atoms with Gasteiger partial charge >= 0.3 is 0 Å². The lowest BCUT2D eigenvalue weighted by atomic mass is 10.1. The van der Waals surface area contributed by atoms with Gasteiger partial charge in [0.1, 0.15) is 0 Å². The molecule has 6 nitrogen and oxygen atoms in total. The molecule has 0 aromatic heterocycles. The zero-order chi connectivity index (χ0) is 17.1. The van der Waals surface area contributed by atoms with E-state index in [1.807, 2.05) is 4.90 Å². The Balaban J connectivity index is 1.48. The minimum Gasteiger partial charge on any atom is -0.381 e. The molecule has 2 aliphatic heterocycles. The monoisotopic (exact) mass is 330 g/mol. The van der Waals surface area contributed by atoms with Crippen molar-refractivity contribution in [3.8, 4) is 0 Å². The summed E-state index contributed by atoms with van der Waals surface area (Å²) in [4.78, 5) is 39.8. The maximum absolute atomic E-state index is 12.2. The van der Waals surface area contributed by atoms with Crippen molar-refractivity contribution in [2.24, 2.45) is 0 Å². The minimum absolute atomic E-state index is 0.0844. The van der Waals surface area contributed by atoms with Gasteiger partial charge in [0, 0.05) is 33.2 Å². The van der Waals surface area contributed by atoms with E-state index in [2.05, 4.69) is 0 Å². The van der Waals surface area contributed by atoms with Crippen molar-refractivity contribution < 1.29 is 19.1 Å². The number of piperidine rings is 1. The van der Waals surface area contributed by atoms with Crippen LogP contribution in [0.2, 0.25) is 0 Å². The minimum atomic E-state index is -0.260. The van der Waals surface area contributed by atoms with Crippen molar-refractivity contribution in [2.45, 2.75) is 31.8 Å². The molecule has 0 bridgehead atoms. The number of likely N-dealkylation sites (tertiary alicyclic amines) is 1. The third-order valence-electron chi connectivity index (χ3n) is 4.78. The first kappa shape index (κ1) is 16.6. The molecular weight excluding hydrogens is 308 g/mol. The summed E-state index contributed by atoms with van der Waals surface area (Å²) in [6, 6.07) is 6.84. The summed E-state index contributed by atoms with van der Waals surface area (Å²) < 4.78 is 5.30. The second-order valence-electron chi connectivity index (χ2n) is 6.23. The molecular formula is C18H22N2O4. The van der Waals surface area contributed by atoms with Gasteiger partial charge in [-0.05, 0) is 31.4 Å². The maximum Gasteiger partial charge on any atom is 0.261 e. The molecule has 0 unspecified atom stereocenters. The van der Waals surface area contributed by atoms with Gasteiger partial charge in [0.2, 0.25) is 5.91 Å². The molecule has 2 heterocycles. The first-order valence-electron chi connectivity index (χ1n) is 8.37. The quantitative estimate of drug-likeness (QED) is 0.771. The fourth-order valence-electron chi connectivity index (χ4n) is 3.33. The van der Waals surface area contributed by atoms with Crippen LogP contribution in [0.4, 0.5) is 0 Å². The molecule has 0 atom stereocenters. The van der Waals surface area contributed by atoms with Crippen molar-refractivity contribution in [1.29, 1.82) is 0 Å². The molecule has 24 heavy (non-hydrogen) atoms. The Hall–Kier alpha value is -2.21. The van der Waals surface area contributed by atoms with Crippen molar-refractivity contribution >= 4 is 17.7 Å². The average molecular weight is 330 g/mol. The van der Waals surface area contributed by atoms with E-state index in [-0.39, 0.29) is 30.4 Å². The van der Waals surface area contributed by atoms with Crippen LogP contribution in [-0.2, 0) is 9.53 Å². The van der Waals surface area contributed by atoms with E-state index >= 15 is 0 Å². The number of rotatable bonds is 5. The number of fused-ring (bicyclic) bond motifs is 1. The fourth-order valence-corrected chi connectivity index (χ4v) is 3.33. The summed E-state index contributed by atoms with van der Waals surface area (Å²) in [5.74, 6) is -0.436. The summed E-state index contributed by atoms with van der Waals surface area (Å²) in [5.41, 5.74) is 0.908. The third kappa shape index (κ3) is 3.19. The summed E-state index contributed by atoms with van der Waals surface area (Å²) in [6.07, 6.45) is 2.81. The number of nitrogens with zero attached hydrogens (tertiary/aromatic N) is 2. The predicted molar refractivity (Wildman–Crippen MR) is 87.7 cm³/mol. The van der Waals surface area contributed by atoms with Crippen molar-refractivity contribution in [3.05, 3.63) is 35.4 Å². The topological polar surface area (TPSA) is 66.9 Å². The molecule has 3 amide bonds. The largest absolute Gasteiger partial charge is 0.381 e. The lowest BCUT2D eigenvalue weighted by Crippen LogP contribution is -2.41. The SMILES string of the molecule is COC1CCN(C(=O)CCCN2C(=O)c3ccccc3C2=O)CC1. The zero-order valence-electron chi connectivity index (χ0n) is 13.9. The van der Waals surface area contributed by atoms with Crippen LogP contribution in [0, 0.1) is 0 Å². The zero-order valence-corrected chi connectivity index (χ0v) is 13.9. The molecule has 0 aliphatic carbocycles. The number of ether oxygens (including phenoxy) is 1. The Morgan fingerprint density at radius 3 is 2.25 bits per heavy atom. The van der Waals surface area contributed by atoms with Gasteiger partial charge in [0.25, 0.3) is 11.8 Å². The Morgan fingerprint density at radius 2 is 1.71 bits per heavy atom. The molecule has 2 aliphatic rings.